The molecule has 6 nitrogen and oxygen atoms in total. The quantitative estimate of drug-likeness (QED) is 0.496. The number of aromatic amines is 1. The number of rotatable bonds is 8. The SMILES string of the molecule is COc1cccc(-c2c[nH]c([C@H](Cc3ccccc3)NC(=O)[C@H]3CC[C@H](CN)CC3)n2)c1. The molecule has 1 aromatic heterocycles. The highest BCUT2D eigenvalue weighted by Gasteiger charge is 2.28. The lowest BCUT2D eigenvalue weighted by atomic mass is 9.81. The number of aromatic nitrogens is 2. The van der Waals surface area contributed by atoms with Crippen LogP contribution in [0.25, 0.3) is 11.3 Å². The van der Waals surface area contributed by atoms with E-state index in [0.29, 0.717) is 18.9 Å². The lowest BCUT2D eigenvalue weighted by Gasteiger charge is -2.28. The number of nitrogens with zero attached hydrogens (tertiary/aromatic N) is 1. The molecule has 0 bridgehead atoms. The summed E-state index contributed by atoms with van der Waals surface area (Å²) in [6.07, 6.45) is 6.42. The van der Waals surface area contributed by atoms with Crippen LogP contribution >= 0.6 is 0 Å². The summed E-state index contributed by atoms with van der Waals surface area (Å²) in [4.78, 5) is 21.3. The number of benzene rings is 2. The summed E-state index contributed by atoms with van der Waals surface area (Å²) >= 11 is 0. The minimum absolute atomic E-state index is 0.0453. The second kappa shape index (κ2) is 10.5. The largest absolute Gasteiger partial charge is 0.497 e. The number of carbonyl (C=O) groups is 1. The molecule has 0 unspecified atom stereocenters. The van der Waals surface area contributed by atoms with Gasteiger partial charge in [0, 0.05) is 17.7 Å². The zero-order valence-electron chi connectivity index (χ0n) is 18.6. The van der Waals surface area contributed by atoms with Crippen molar-refractivity contribution in [1.82, 2.24) is 15.3 Å². The van der Waals surface area contributed by atoms with Crippen molar-refractivity contribution < 1.29 is 9.53 Å². The van der Waals surface area contributed by atoms with Crippen LogP contribution in [0.15, 0.2) is 60.8 Å². The van der Waals surface area contributed by atoms with Crippen LogP contribution in [-0.4, -0.2) is 29.5 Å². The third-order valence-corrected chi connectivity index (χ3v) is 6.44. The summed E-state index contributed by atoms with van der Waals surface area (Å²) in [5.74, 6) is 2.25. The molecule has 0 radical (unpaired) electrons. The molecule has 32 heavy (non-hydrogen) atoms. The Balaban J connectivity index is 1.53. The lowest BCUT2D eigenvalue weighted by Crippen LogP contribution is -2.37. The van der Waals surface area contributed by atoms with Crippen LogP contribution in [0.3, 0.4) is 0 Å². The molecule has 4 N–H and O–H groups in total. The molecule has 1 fully saturated rings. The summed E-state index contributed by atoms with van der Waals surface area (Å²) in [6.45, 7) is 0.713. The molecule has 4 rings (SSSR count). The van der Waals surface area contributed by atoms with Crippen LogP contribution in [0.5, 0.6) is 5.75 Å². The molecule has 0 spiro atoms. The molecule has 2 aromatic carbocycles. The number of nitrogens with one attached hydrogen (secondary N) is 2. The highest BCUT2D eigenvalue weighted by atomic mass is 16.5. The number of nitrogens with two attached hydrogens (primary N) is 1. The van der Waals surface area contributed by atoms with Gasteiger partial charge in [-0.2, -0.15) is 0 Å². The summed E-state index contributed by atoms with van der Waals surface area (Å²) in [6, 6.07) is 17.8. The van der Waals surface area contributed by atoms with Crippen LogP contribution in [-0.2, 0) is 11.2 Å². The monoisotopic (exact) mass is 432 g/mol. The van der Waals surface area contributed by atoms with Gasteiger partial charge in [-0.15, -0.1) is 0 Å². The molecule has 1 aliphatic rings. The first-order valence-electron chi connectivity index (χ1n) is 11.4. The van der Waals surface area contributed by atoms with Crippen LogP contribution in [0.2, 0.25) is 0 Å². The number of hydrogen-bond acceptors (Lipinski definition) is 4. The van der Waals surface area contributed by atoms with Crippen molar-refractivity contribution in [2.75, 3.05) is 13.7 Å². The van der Waals surface area contributed by atoms with E-state index in [-0.39, 0.29) is 17.9 Å². The van der Waals surface area contributed by atoms with Crippen molar-refractivity contribution in [3.8, 4) is 17.0 Å². The minimum atomic E-state index is -0.225. The Kier molecular flexibility index (Phi) is 7.22. The van der Waals surface area contributed by atoms with Crippen molar-refractivity contribution in [3.05, 3.63) is 72.2 Å². The molecule has 1 aliphatic carbocycles. The third-order valence-electron chi connectivity index (χ3n) is 6.44. The van der Waals surface area contributed by atoms with Crippen LogP contribution < -0.4 is 15.8 Å². The highest BCUT2D eigenvalue weighted by molar-refractivity contribution is 5.79. The molecule has 1 amide bonds. The Morgan fingerprint density at radius 1 is 1.16 bits per heavy atom. The van der Waals surface area contributed by atoms with Gasteiger partial charge in [0.2, 0.25) is 5.91 Å². The summed E-state index contributed by atoms with van der Waals surface area (Å²) in [5.41, 5.74) is 8.77. The smallest absolute Gasteiger partial charge is 0.223 e. The van der Waals surface area contributed by atoms with E-state index in [9.17, 15) is 4.79 Å². The summed E-state index contributed by atoms with van der Waals surface area (Å²) < 4.78 is 5.34. The molecular formula is C26H32N4O2. The molecule has 168 valence electrons. The second-order valence-corrected chi connectivity index (χ2v) is 8.61. The molecular weight excluding hydrogens is 400 g/mol. The molecule has 0 saturated heterocycles. The normalized spacial score (nSPS) is 19.3. The van der Waals surface area contributed by atoms with E-state index in [1.165, 1.54) is 0 Å². The minimum Gasteiger partial charge on any atom is -0.497 e. The first-order valence-corrected chi connectivity index (χ1v) is 11.4. The van der Waals surface area contributed by atoms with Crippen molar-refractivity contribution in [2.24, 2.45) is 17.6 Å². The first-order chi connectivity index (χ1) is 15.7. The molecule has 0 aliphatic heterocycles. The van der Waals surface area contributed by atoms with E-state index in [2.05, 4.69) is 22.4 Å². The predicted octanol–water partition coefficient (Wildman–Crippen LogP) is 4.25. The van der Waals surface area contributed by atoms with E-state index in [1.54, 1.807) is 7.11 Å². The third kappa shape index (κ3) is 5.37. The average Bonchev–Trinajstić information content (AvgIpc) is 3.35. The van der Waals surface area contributed by atoms with E-state index in [4.69, 9.17) is 15.5 Å². The van der Waals surface area contributed by atoms with Gasteiger partial charge >= 0.3 is 0 Å². The number of hydrogen-bond donors (Lipinski definition) is 3. The Bertz CT molecular complexity index is 1010. The number of amides is 1. The van der Waals surface area contributed by atoms with Gasteiger partial charge in [0.15, 0.2) is 0 Å². The van der Waals surface area contributed by atoms with Gasteiger partial charge in [-0.3, -0.25) is 4.79 Å². The number of carbonyl (C=O) groups excluding carboxylic acids is 1. The van der Waals surface area contributed by atoms with Crippen molar-refractivity contribution >= 4 is 5.91 Å². The lowest BCUT2D eigenvalue weighted by molar-refractivity contribution is -0.127. The Hall–Kier alpha value is -3.12. The number of ether oxygens (including phenoxy) is 1. The zero-order chi connectivity index (χ0) is 22.3. The maximum Gasteiger partial charge on any atom is 0.223 e. The topological polar surface area (TPSA) is 93.0 Å². The molecule has 6 heteroatoms. The van der Waals surface area contributed by atoms with Crippen LogP contribution in [0.1, 0.15) is 43.1 Å². The standard InChI is InChI=1S/C26H32N4O2/c1-32-22-9-5-8-21(15-22)24-17-28-25(29-24)23(14-18-6-3-2-4-7-18)30-26(31)20-12-10-19(16-27)11-13-20/h2-9,15,17,19-20,23H,10-14,16,27H2,1H3,(H,28,29)(H,30,31)/t19-,20-,23-/m0/s1. The molecule has 1 atom stereocenters. The predicted molar refractivity (Wildman–Crippen MR) is 126 cm³/mol. The Morgan fingerprint density at radius 2 is 1.94 bits per heavy atom. The summed E-state index contributed by atoms with van der Waals surface area (Å²) in [7, 11) is 1.65. The van der Waals surface area contributed by atoms with E-state index >= 15 is 0 Å². The molecule has 3 aromatic rings. The zero-order valence-corrected chi connectivity index (χ0v) is 18.6. The van der Waals surface area contributed by atoms with Gasteiger partial charge in [0.05, 0.1) is 18.8 Å². The Labute approximate surface area is 189 Å². The van der Waals surface area contributed by atoms with Gasteiger partial charge < -0.3 is 20.8 Å². The van der Waals surface area contributed by atoms with E-state index < -0.39 is 0 Å². The second-order valence-electron chi connectivity index (χ2n) is 8.61. The maximum absolute atomic E-state index is 13.1. The van der Waals surface area contributed by atoms with E-state index in [0.717, 1.165) is 54.1 Å². The molecule has 1 heterocycles. The van der Waals surface area contributed by atoms with Gasteiger partial charge in [-0.1, -0.05) is 42.5 Å². The highest BCUT2D eigenvalue weighted by Crippen LogP contribution is 2.30. The molecule has 1 saturated carbocycles. The fourth-order valence-corrected chi connectivity index (χ4v) is 4.46. The maximum atomic E-state index is 13.1. The van der Waals surface area contributed by atoms with E-state index in [1.807, 2.05) is 48.7 Å². The summed E-state index contributed by atoms with van der Waals surface area (Å²) in [5, 5.41) is 3.28. The van der Waals surface area contributed by atoms with Crippen LogP contribution in [0.4, 0.5) is 0 Å². The van der Waals surface area contributed by atoms with Crippen molar-refractivity contribution in [2.45, 2.75) is 38.1 Å². The van der Waals surface area contributed by atoms with Gasteiger partial charge in [-0.05, 0) is 62.3 Å². The fourth-order valence-electron chi connectivity index (χ4n) is 4.46. The average molecular weight is 433 g/mol. The van der Waals surface area contributed by atoms with Gasteiger partial charge in [-0.25, -0.2) is 4.98 Å². The van der Waals surface area contributed by atoms with Crippen LogP contribution in [0, 0.1) is 11.8 Å². The fraction of sp³-hybridized carbons (Fsp3) is 0.385. The van der Waals surface area contributed by atoms with Gasteiger partial charge in [0.25, 0.3) is 0 Å². The van der Waals surface area contributed by atoms with Crippen molar-refractivity contribution in [3.63, 3.8) is 0 Å². The first kappa shape index (κ1) is 22.1. The van der Waals surface area contributed by atoms with Gasteiger partial charge in [0.1, 0.15) is 11.6 Å². The number of methoxy groups -OCH3 is 1. The van der Waals surface area contributed by atoms with Crippen molar-refractivity contribution in [1.29, 1.82) is 0 Å². The Morgan fingerprint density at radius 3 is 2.66 bits per heavy atom. The number of H-pyrrole nitrogens is 1. The number of imidazole rings is 1.